The molecule has 0 aromatic carbocycles. The summed E-state index contributed by atoms with van der Waals surface area (Å²) in [5.41, 5.74) is 0. The maximum Gasteiger partial charge on any atom is 0.306 e. The number of unbranched alkanes of at least 4 members (excludes halogenated alkanes) is 56. The summed E-state index contributed by atoms with van der Waals surface area (Å²) in [6.07, 6.45) is 89.5. The Morgan fingerprint density at radius 3 is 0.602 bits per heavy atom. The second kappa shape index (κ2) is 72.4. The fourth-order valence-electron chi connectivity index (χ4n) is 11.7. The molecule has 0 fully saturated rings. The summed E-state index contributed by atoms with van der Waals surface area (Å²) in [6, 6.07) is 0. The monoisotopic (exact) mass is 1170 g/mol. The molecule has 0 aromatic rings. The average molecular weight is 1170 g/mol. The zero-order valence-electron chi connectivity index (χ0n) is 56.5. The number of carbonyl (C=O) groups is 3. The lowest BCUT2D eigenvalue weighted by atomic mass is 10.0. The molecule has 0 aliphatic heterocycles. The Bertz CT molecular complexity index is 1340. The van der Waals surface area contributed by atoms with Crippen molar-refractivity contribution in [2.45, 2.75) is 438 Å². The van der Waals surface area contributed by atoms with Crippen molar-refractivity contribution in [2.24, 2.45) is 0 Å². The quantitative estimate of drug-likeness (QED) is 0.0261. The Morgan fingerprint density at radius 2 is 0.398 bits per heavy atom. The SMILES string of the molecule is CCCCCCC/C=C\CCCCCCCC(=O)OCC(COC(=O)CCCCCCCCCCCCCCCCCCCCCCCCCCCCCCCCCCC)OC(=O)CCCCCCCCC/C=C\CCCCCCCCC. The molecule has 0 N–H and O–H groups in total. The molecule has 0 rings (SSSR count). The van der Waals surface area contributed by atoms with Gasteiger partial charge in [0.05, 0.1) is 0 Å². The van der Waals surface area contributed by atoms with E-state index in [1.54, 1.807) is 0 Å². The first-order chi connectivity index (χ1) is 41.0. The van der Waals surface area contributed by atoms with E-state index >= 15 is 0 Å². The minimum absolute atomic E-state index is 0.0703. The summed E-state index contributed by atoms with van der Waals surface area (Å²) in [7, 11) is 0. The van der Waals surface area contributed by atoms with Crippen molar-refractivity contribution in [3.63, 3.8) is 0 Å². The first kappa shape index (κ1) is 80.9. The summed E-state index contributed by atoms with van der Waals surface area (Å²) >= 11 is 0. The Labute approximate surface area is 519 Å². The molecule has 6 nitrogen and oxygen atoms in total. The van der Waals surface area contributed by atoms with Gasteiger partial charge < -0.3 is 14.2 Å². The number of carbonyl (C=O) groups excluding carboxylic acids is 3. The van der Waals surface area contributed by atoms with Crippen LogP contribution in [0.15, 0.2) is 24.3 Å². The van der Waals surface area contributed by atoms with Gasteiger partial charge in [-0.05, 0) is 70.6 Å². The van der Waals surface area contributed by atoms with Gasteiger partial charge in [0.1, 0.15) is 13.2 Å². The molecule has 0 radical (unpaired) electrons. The Kier molecular flexibility index (Phi) is 70.5. The van der Waals surface area contributed by atoms with E-state index in [2.05, 4.69) is 45.1 Å². The van der Waals surface area contributed by atoms with E-state index in [4.69, 9.17) is 14.2 Å². The van der Waals surface area contributed by atoms with Crippen LogP contribution in [0.4, 0.5) is 0 Å². The van der Waals surface area contributed by atoms with Crippen LogP contribution in [0.25, 0.3) is 0 Å². The molecule has 0 aromatic heterocycles. The van der Waals surface area contributed by atoms with E-state index < -0.39 is 6.10 Å². The number of hydrogen-bond acceptors (Lipinski definition) is 6. The minimum Gasteiger partial charge on any atom is -0.462 e. The van der Waals surface area contributed by atoms with Crippen molar-refractivity contribution >= 4 is 17.9 Å². The first-order valence-corrected chi connectivity index (χ1v) is 37.8. The molecule has 0 saturated heterocycles. The van der Waals surface area contributed by atoms with Crippen LogP contribution in [0, 0.1) is 0 Å². The Hall–Kier alpha value is -2.11. The van der Waals surface area contributed by atoms with Crippen molar-refractivity contribution in [1.82, 2.24) is 0 Å². The summed E-state index contributed by atoms with van der Waals surface area (Å²) < 4.78 is 17.0. The van der Waals surface area contributed by atoms with Gasteiger partial charge in [0.25, 0.3) is 0 Å². The van der Waals surface area contributed by atoms with Gasteiger partial charge in [0.2, 0.25) is 0 Å². The van der Waals surface area contributed by atoms with Gasteiger partial charge in [-0.25, -0.2) is 0 Å². The highest BCUT2D eigenvalue weighted by molar-refractivity contribution is 5.71. The molecular weight excluding hydrogens is 1020 g/mol. The highest BCUT2D eigenvalue weighted by atomic mass is 16.6. The van der Waals surface area contributed by atoms with E-state index in [1.165, 1.54) is 327 Å². The van der Waals surface area contributed by atoms with Crippen LogP contribution < -0.4 is 0 Å². The van der Waals surface area contributed by atoms with Crippen LogP contribution in [-0.2, 0) is 28.6 Å². The number of rotatable bonds is 71. The zero-order valence-corrected chi connectivity index (χ0v) is 56.5. The third-order valence-electron chi connectivity index (χ3n) is 17.4. The molecule has 0 saturated carbocycles. The summed E-state index contributed by atoms with van der Waals surface area (Å²) in [4.78, 5) is 38.4. The van der Waals surface area contributed by atoms with E-state index in [0.717, 1.165) is 64.2 Å². The zero-order chi connectivity index (χ0) is 59.9. The van der Waals surface area contributed by atoms with Gasteiger partial charge in [-0.1, -0.05) is 366 Å². The van der Waals surface area contributed by atoms with Crippen LogP contribution >= 0.6 is 0 Å². The molecule has 1 unspecified atom stereocenters. The Balaban J connectivity index is 4.11. The maximum absolute atomic E-state index is 12.9. The highest BCUT2D eigenvalue weighted by Gasteiger charge is 2.20. The van der Waals surface area contributed by atoms with Gasteiger partial charge in [0, 0.05) is 19.3 Å². The Morgan fingerprint density at radius 1 is 0.229 bits per heavy atom. The first-order valence-electron chi connectivity index (χ1n) is 37.8. The van der Waals surface area contributed by atoms with Crippen LogP contribution in [-0.4, -0.2) is 37.2 Å². The smallest absolute Gasteiger partial charge is 0.306 e. The normalized spacial score (nSPS) is 12.1. The van der Waals surface area contributed by atoms with Gasteiger partial charge >= 0.3 is 17.9 Å². The molecule has 6 heteroatoms. The van der Waals surface area contributed by atoms with Crippen LogP contribution in [0.2, 0.25) is 0 Å². The van der Waals surface area contributed by atoms with E-state index in [1.807, 2.05) is 0 Å². The lowest BCUT2D eigenvalue weighted by molar-refractivity contribution is -0.167. The summed E-state index contributed by atoms with van der Waals surface area (Å²) in [5.74, 6) is -0.852. The predicted molar refractivity (Wildman–Crippen MR) is 363 cm³/mol. The fourth-order valence-corrected chi connectivity index (χ4v) is 11.7. The standard InChI is InChI=1S/C77H146O6/c1-4-7-10-13-16-19-22-25-28-30-32-33-34-35-36-37-38-39-40-41-42-43-44-45-46-48-49-52-55-58-61-64-67-70-76(79)82-73-74(72-81-75(78)69-66-63-60-57-54-51-27-24-21-18-15-12-9-6-3)83-77(80)71-68-65-62-59-56-53-50-47-31-29-26-23-20-17-14-11-8-5-2/h24,27,29,31,74H,4-23,25-26,28,30,32-73H2,1-3H3/b27-24-,31-29-. The topological polar surface area (TPSA) is 78.9 Å². The van der Waals surface area contributed by atoms with Crippen molar-refractivity contribution in [3.05, 3.63) is 24.3 Å². The van der Waals surface area contributed by atoms with Crippen molar-refractivity contribution in [1.29, 1.82) is 0 Å². The number of ether oxygens (including phenoxy) is 3. The van der Waals surface area contributed by atoms with Gasteiger partial charge in [-0.2, -0.15) is 0 Å². The average Bonchev–Trinajstić information content (AvgIpc) is 3.50. The largest absolute Gasteiger partial charge is 0.462 e. The van der Waals surface area contributed by atoms with Crippen LogP contribution in [0.5, 0.6) is 0 Å². The second-order valence-electron chi connectivity index (χ2n) is 25.9. The van der Waals surface area contributed by atoms with Crippen molar-refractivity contribution in [2.75, 3.05) is 13.2 Å². The van der Waals surface area contributed by atoms with E-state index in [9.17, 15) is 14.4 Å². The van der Waals surface area contributed by atoms with E-state index in [0.29, 0.717) is 19.3 Å². The molecule has 0 spiro atoms. The van der Waals surface area contributed by atoms with Gasteiger partial charge in [-0.15, -0.1) is 0 Å². The lowest BCUT2D eigenvalue weighted by Gasteiger charge is -2.18. The van der Waals surface area contributed by atoms with Crippen LogP contribution in [0.3, 0.4) is 0 Å². The van der Waals surface area contributed by atoms with Gasteiger partial charge in [0.15, 0.2) is 6.10 Å². The fraction of sp³-hybridized carbons (Fsp3) is 0.909. The molecule has 0 heterocycles. The number of esters is 3. The highest BCUT2D eigenvalue weighted by Crippen LogP contribution is 2.19. The molecule has 0 bridgehead atoms. The summed E-state index contributed by atoms with van der Waals surface area (Å²) in [6.45, 7) is 6.70. The minimum atomic E-state index is -0.775. The van der Waals surface area contributed by atoms with Crippen molar-refractivity contribution in [3.8, 4) is 0 Å². The number of hydrogen-bond donors (Lipinski definition) is 0. The molecule has 490 valence electrons. The lowest BCUT2D eigenvalue weighted by Crippen LogP contribution is -2.30. The molecular formula is C77H146O6. The number of allylic oxidation sites excluding steroid dienone is 4. The molecule has 83 heavy (non-hydrogen) atoms. The predicted octanol–water partition coefficient (Wildman–Crippen LogP) is 26.1. The maximum atomic E-state index is 12.9. The van der Waals surface area contributed by atoms with Crippen LogP contribution in [0.1, 0.15) is 432 Å². The van der Waals surface area contributed by atoms with Gasteiger partial charge in [-0.3, -0.25) is 14.4 Å². The molecule has 0 aliphatic rings. The third-order valence-corrected chi connectivity index (χ3v) is 17.4. The molecule has 0 amide bonds. The summed E-state index contributed by atoms with van der Waals surface area (Å²) in [5, 5.41) is 0. The van der Waals surface area contributed by atoms with Crippen molar-refractivity contribution < 1.29 is 28.6 Å². The van der Waals surface area contributed by atoms with E-state index in [-0.39, 0.29) is 31.1 Å². The molecule has 1 atom stereocenters. The third kappa shape index (κ3) is 70.5. The molecule has 0 aliphatic carbocycles. The second-order valence-corrected chi connectivity index (χ2v) is 25.9.